The molecule has 5 rings (SSSR count). The summed E-state index contributed by atoms with van der Waals surface area (Å²) in [5.41, 5.74) is 1.15. The number of para-hydroxylation sites is 2. The topological polar surface area (TPSA) is 52.2 Å². The SMILES string of the molecule is O=c1oc2ccccc2c2c1c1ccccc1c(=O)n2-c1ccccc1. The van der Waals surface area contributed by atoms with Crippen LogP contribution in [0.15, 0.2) is 92.9 Å². The molecule has 2 aromatic heterocycles. The van der Waals surface area contributed by atoms with Gasteiger partial charge in [0.2, 0.25) is 0 Å². The van der Waals surface area contributed by atoms with Crippen molar-refractivity contribution in [1.29, 1.82) is 0 Å². The molecule has 0 spiro atoms. The van der Waals surface area contributed by atoms with Crippen molar-refractivity contribution in [2.24, 2.45) is 0 Å². The Hall–Kier alpha value is -3.66. The molecule has 4 nitrogen and oxygen atoms in total. The van der Waals surface area contributed by atoms with E-state index in [0.29, 0.717) is 32.9 Å². The third-order valence-electron chi connectivity index (χ3n) is 4.65. The molecule has 0 bridgehead atoms. The third kappa shape index (κ3) is 1.96. The van der Waals surface area contributed by atoms with E-state index in [9.17, 15) is 9.59 Å². The second kappa shape index (κ2) is 5.43. The van der Waals surface area contributed by atoms with E-state index in [1.165, 1.54) is 0 Å². The van der Waals surface area contributed by atoms with Crippen molar-refractivity contribution < 1.29 is 4.42 Å². The van der Waals surface area contributed by atoms with Crippen LogP contribution >= 0.6 is 0 Å². The summed E-state index contributed by atoms with van der Waals surface area (Å²) in [4.78, 5) is 26.1. The largest absolute Gasteiger partial charge is 0.422 e. The molecule has 5 aromatic rings. The molecule has 4 heteroatoms. The fraction of sp³-hybridized carbons (Fsp3) is 0. The first-order chi connectivity index (χ1) is 12.8. The summed E-state index contributed by atoms with van der Waals surface area (Å²) in [6, 6.07) is 23.8. The quantitative estimate of drug-likeness (QED) is 0.339. The van der Waals surface area contributed by atoms with Gasteiger partial charge in [0, 0.05) is 21.8 Å². The van der Waals surface area contributed by atoms with Gasteiger partial charge in [0.15, 0.2) is 0 Å². The van der Waals surface area contributed by atoms with Gasteiger partial charge < -0.3 is 4.42 Å². The van der Waals surface area contributed by atoms with Crippen LogP contribution in [0.3, 0.4) is 0 Å². The van der Waals surface area contributed by atoms with Crippen LogP contribution in [-0.2, 0) is 0 Å². The molecular weight excluding hydrogens is 326 g/mol. The minimum atomic E-state index is -0.445. The van der Waals surface area contributed by atoms with Crippen LogP contribution < -0.4 is 11.2 Å². The van der Waals surface area contributed by atoms with Gasteiger partial charge in [0.05, 0.1) is 10.9 Å². The summed E-state index contributed by atoms with van der Waals surface area (Å²) >= 11 is 0. The number of rotatable bonds is 1. The predicted octanol–water partition coefficient (Wildman–Crippen LogP) is 4.25. The normalized spacial score (nSPS) is 11.4. The van der Waals surface area contributed by atoms with Gasteiger partial charge in [0.1, 0.15) is 5.58 Å². The van der Waals surface area contributed by atoms with E-state index >= 15 is 0 Å². The van der Waals surface area contributed by atoms with Gasteiger partial charge in [-0.05, 0) is 30.3 Å². The Morgan fingerprint density at radius 1 is 0.654 bits per heavy atom. The highest BCUT2D eigenvalue weighted by Gasteiger charge is 2.18. The molecule has 0 atom stereocenters. The van der Waals surface area contributed by atoms with E-state index in [2.05, 4.69) is 0 Å². The van der Waals surface area contributed by atoms with Gasteiger partial charge >= 0.3 is 5.63 Å². The Morgan fingerprint density at radius 3 is 2.04 bits per heavy atom. The lowest BCUT2D eigenvalue weighted by atomic mass is 10.0. The number of fused-ring (bicyclic) bond motifs is 5. The number of hydrogen-bond donors (Lipinski definition) is 0. The molecule has 3 aromatic carbocycles. The van der Waals surface area contributed by atoms with E-state index in [1.807, 2.05) is 54.6 Å². The number of hydrogen-bond acceptors (Lipinski definition) is 3. The maximum Gasteiger partial charge on any atom is 0.346 e. The van der Waals surface area contributed by atoms with Gasteiger partial charge in [-0.1, -0.05) is 48.5 Å². The highest BCUT2D eigenvalue weighted by molar-refractivity contribution is 6.13. The molecule has 0 unspecified atom stereocenters. The first kappa shape index (κ1) is 14.7. The van der Waals surface area contributed by atoms with Crippen LogP contribution in [0.2, 0.25) is 0 Å². The zero-order valence-corrected chi connectivity index (χ0v) is 13.7. The van der Waals surface area contributed by atoms with E-state index in [1.54, 1.807) is 28.8 Å². The van der Waals surface area contributed by atoms with E-state index < -0.39 is 5.63 Å². The van der Waals surface area contributed by atoms with Gasteiger partial charge in [0.25, 0.3) is 5.56 Å². The van der Waals surface area contributed by atoms with Crippen LogP contribution in [0.5, 0.6) is 0 Å². The van der Waals surface area contributed by atoms with Crippen molar-refractivity contribution in [3.63, 3.8) is 0 Å². The maximum absolute atomic E-state index is 13.3. The van der Waals surface area contributed by atoms with Crippen LogP contribution in [0.25, 0.3) is 38.3 Å². The average Bonchev–Trinajstić information content (AvgIpc) is 2.69. The second-order valence-electron chi connectivity index (χ2n) is 6.13. The average molecular weight is 339 g/mol. The van der Waals surface area contributed by atoms with Crippen LogP contribution in [0.1, 0.15) is 0 Å². The first-order valence-electron chi connectivity index (χ1n) is 8.30. The lowest BCUT2D eigenvalue weighted by molar-refractivity contribution is 0.569. The molecule has 0 amide bonds. The molecule has 0 fully saturated rings. The monoisotopic (exact) mass is 339 g/mol. The van der Waals surface area contributed by atoms with Crippen molar-refractivity contribution >= 4 is 32.6 Å². The highest BCUT2D eigenvalue weighted by atomic mass is 16.4. The predicted molar refractivity (Wildman–Crippen MR) is 103 cm³/mol. The first-order valence-corrected chi connectivity index (χ1v) is 8.30. The van der Waals surface area contributed by atoms with E-state index in [0.717, 1.165) is 5.39 Å². The summed E-state index contributed by atoms with van der Waals surface area (Å²) in [7, 11) is 0. The summed E-state index contributed by atoms with van der Waals surface area (Å²) in [6.07, 6.45) is 0. The van der Waals surface area contributed by atoms with Crippen molar-refractivity contribution in [2.45, 2.75) is 0 Å². The zero-order chi connectivity index (χ0) is 17.7. The van der Waals surface area contributed by atoms with Crippen LogP contribution in [0, 0.1) is 0 Å². The minimum absolute atomic E-state index is 0.157. The number of nitrogens with zero attached hydrogens (tertiary/aromatic N) is 1. The molecular formula is C22H13NO3. The van der Waals surface area contributed by atoms with E-state index in [-0.39, 0.29) is 5.56 Å². The van der Waals surface area contributed by atoms with E-state index in [4.69, 9.17) is 4.42 Å². The molecule has 26 heavy (non-hydrogen) atoms. The summed E-state index contributed by atoms with van der Waals surface area (Å²) in [5.74, 6) is 0. The van der Waals surface area contributed by atoms with Crippen LogP contribution in [-0.4, -0.2) is 4.57 Å². The Balaban J connectivity index is 2.20. The Morgan fingerprint density at radius 2 is 1.27 bits per heavy atom. The number of aromatic nitrogens is 1. The summed E-state index contributed by atoms with van der Waals surface area (Å²) in [6.45, 7) is 0. The zero-order valence-electron chi connectivity index (χ0n) is 13.7. The molecule has 0 radical (unpaired) electrons. The van der Waals surface area contributed by atoms with Gasteiger partial charge in [-0.2, -0.15) is 0 Å². The molecule has 0 aliphatic heterocycles. The van der Waals surface area contributed by atoms with Crippen molar-refractivity contribution in [1.82, 2.24) is 4.57 Å². The van der Waals surface area contributed by atoms with Crippen molar-refractivity contribution in [3.8, 4) is 5.69 Å². The lowest BCUT2D eigenvalue weighted by Gasteiger charge is -2.14. The third-order valence-corrected chi connectivity index (χ3v) is 4.65. The molecule has 2 heterocycles. The highest BCUT2D eigenvalue weighted by Crippen LogP contribution is 2.28. The number of pyridine rings is 1. The smallest absolute Gasteiger partial charge is 0.346 e. The second-order valence-corrected chi connectivity index (χ2v) is 6.13. The van der Waals surface area contributed by atoms with Crippen molar-refractivity contribution in [2.75, 3.05) is 0 Å². The molecule has 0 saturated heterocycles. The Kier molecular flexibility index (Phi) is 3.06. The van der Waals surface area contributed by atoms with Crippen LogP contribution in [0.4, 0.5) is 0 Å². The molecule has 124 valence electrons. The fourth-order valence-electron chi connectivity index (χ4n) is 3.54. The van der Waals surface area contributed by atoms with Gasteiger partial charge in [-0.25, -0.2) is 4.79 Å². The number of benzene rings is 3. The lowest BCUT2D eigenvalue weighted by Crippen LogP contribution is -2.21. The maximum atomic E-state index is 13.3. The molecule has 0 aliphatic carbocycles. The Bertz CT molecular complexity index is 1410. The standard InChI is InChI=1S/C22H13NO3/c24-21-16-11-5-4-10-15(16)19-20(23(21)14-8-2-1-3-9-14)17-12-6-7-13-18(17)26-22(19)25/h1-13H. The Labute approximate surface area is 147 Å². The summed E-state index contributed by atoms with van der Waals surface area (Å²) < 4.78 is 7.15. The van der Waals surface area contributed by atoms with Gasteiger partial charge in [-0.3, -0.25) is 9.36 Å². The molecule has 0 aliphatic rings. The van der Waals surface area contributed by atoms with Crippen molar-refractivity contribution in [3.05, 3.63) is 99.6 Å². The fourth-order valence-corrected chi connectivity index (χ4v) is 3.54. The van der Waals surface area contributed by atoms with Gasteiger partial charge in [-0.15, -0.1) is 0 Å². The summed E-state index contributed by atoms with van der Waals surface area (Å²) in [5, 5.41) is 2.25. The molecule has 0 N–H and O–H groups in total. The molecule has 0 saturated carbocycles. The minimum Gasteiger partial charge on any atom is -0.422 e.